The minimum atomic E-state index is -0.0971. The second-order valence-corrected chi connectivity index (χ2v) is 7.21. The average molecular weight is 282 g/mol. The SMILES string of the molecule is CC(C)(C)NCc1ccc(N2CCSCC2)c(F)c1. The first-order chi connectivity index (χ1) is 8.96. The van der Waals surface area contributed by atoms with Gasteiger partial charge in [-0.1, -0.05) is 6.07 Å². The largest absolute Gasteiger partial charge is 0.368 e. The standard InChI is InChI=1S/C15H23FN2S/c1-15(2,3)17-11-12-4-5-14(13(16)10-12)18-6-8-19-9-7-18/h4-5,10,17H,6-9,11H2,1-3H3. The molecule has 2 nitrogen and oxygen atoms in total. The van der Waals surface area contributed by atoms with Crippen molar-refractivity contribution in [1.29, 1.82) is 0 Å². The molecule has 0 atom stereocenters. The van der Waals surface area contributed by atoms with Crippen molar-refractivity contribution in [3.05, 3.63) is 29.6 Å². The van der Waals surface area contributed by atoms with Crippen LogP contribution in [-0.2, 0) is 6.54 Å². The monoisotopic (exact) mass is 282 g/mol. The Balaban J connectivity index is 2.04. The van der Waals surface area contributed by atoms with Gasteiger partial charge in [0.2, 0.25) is 0 Å². The molecule has 1 N–H and O–H groups in total. The number of thioether (sulfide) groups is 1. The molecule has 0 bridgehead atoms. The van der Waals surface area contributed by atoms with Crippen molar-refractivity contribution in [3.63, 3.8) is 0 Å². The maximum Gasteiger partial charge on any atom is 0.146 e. The number of hydrogen-bond acceptors (Lipinski definition) is 3. The molecule has 0 aromatic heterocycles. The van der Waals surface area contributed by atoms with Crippen molar-refractivity contribution >= 4 is 17.4 Å². The van der Waals surface area contributed by atoms with Crippen LogP contribution in [0.1, 0.15) is 26.3 Å². The van der Waals surface area contributed by atoms with E-state index >= 15 is 0 Å². The summed E-state index contributed by atoms with van der Waals surface area (Å²) in [7, 11) is 0. The van der Waals surface area contributed by atoms with Gasteiger partial charge >= 0.3 is 0 Å². The van der Waals surface area contributed by atoms with Crippen molar-refractivity contribution < 1.29 is 4.39 Å². The maximum atomic E-state index is 14.2. The molecular formula is C15H23FN2S. The van der Waals surface area contributed by atoms with Crippen LogP contribution in [0.2, 0.25) is 0 Å². The van der Waals surface area contributed by atoms with Gasteiger partial charge in [-0.05, 0) is 38.5 Å². The smallest absolute Gasteiger partial charge is 0.146 e. The molecule has 1 aromatic rings. The Hall–Kier alpha value is -0.740. The Morgan fingerprint density at radius 3 is 2.53 bits per heavy atom. The number of anilines is 1. The Bertz CT molecular complexity index is 423. The third kappa shape index (κ3) is 4.39. The molecule has 1 aliphatic rings. The zero-order valence-electron chi connectivity index (χ0n) is 12.0. The highest BCUT2D eigenvalue weighted by atomic mass is 32.2. The molecule has 0 radical (unpaired) electrons. The van der Waals surface area contributed by atoms with Gasteiger partial charge in [0.1, 0.15) is 5.82 Å². The van der Waals surface area contributed by atoms with Crippen LogP contribution in [0.5, 0.6) is 0 Å². The summed E-state index contributed by atoms with van der Waals surface area (Å²) in [6.07, 6.45) is 0. The van der Waals surface area contributed by atoms with Gasteiger partial charge < -0.3 is 10.2 Å². The maximum absolute atomic E-state index is 14.2. The summed E-state index contributed by atoms with van der Waals surface area (Å²) in [6, 6.07) is 5.61. The normalized spacial score (nSPS) is 16.7. The lowest BCUT2D eigenvalue weighted by molar-refractivity contribution is 0.423. The van der Waals surface area contributed by atoms with E-state index in [4.69, 9.17) is 0 Å². The third-order valence-electron chi connectivity index (χ3n) is 3.19. The topological polar surface area (TPSA) is 15.3 Å². The molecule has 0 aliphatic carbocycles. The van der Waals surface area contributed by atoms with E-state index in [1.54, 1.807) is 6.07 Å². The fourth-order valence-electron chi connectivity index (χ4n) is 2.09. The Morgan fingerprint density at radius 1 is 1.26 bits per heavy atom. The van der Waals surface area contributed by atoms with Crippen LogP contribution in [0.15, 0.2) is 18.2 Å². The predicted octanol–water partition coefficient (Wildman–Crippen LogP) is 3.27. The van der Waals surface area contributed by atoms with Crippen LogP contribution < -0.4 is 10.2 Å². The van der Waals surface area contributed by atoms with Crippen LogP contribution in [0.25, 0.3) is 0 Å². The first-order valence-electron chi connectivity index (χ1n) is 6.82. The van der Waals surface area contributed by atoms with E-state index in [9.17, 15) is 4.39 Å². The van der Waals surface area contributed by atoms with E-state index in [1.165, 1.54) is 0 Å². The number of rotatable bonds is 3. The average Bonchev–Trinajstić information content (AvgIpc) is 2.37. The second kappa shape index (κ2) is 6.14. The van der Waals surface area contributed by atoms with Gasteiger partial charge in [0.05, 0.1) is 5.69 Å². The van der Waals surface area contributed by atoms with Crippen molar-refractivity contribution in [1.82, 2.24) is 5.32 Å². The summed E-state index contributed by atoms with van der Waals surface area (Å²) >= 11 is 1.94. The second-order valence-electron chi connectivity index (χ2n) is 5.99. The molecule has 1 aromatic carbocycles. The van der Waals surface area contributed by atoms with Gasteiger partial charge in [0.25, 0.3) is 0 Å². The zero-order chi connectivity index (χ0) is 13.9. The van der Waals surface area contributed by atoms with E-state index in [1.807, 2.05) is 23.9 Å². The molecule has 1 heterocycles. The molecule has 4 heteroatoms. The minimum Gasteiger partial charge on any atom is -0.368 e. The minimum absolute atomic E-state index is 0.0548. The number of nitrogens with one attached hydrogen (secondary N) is 1. The fraction of sp³-hybridized carbons (Fsp3) is 0.600. The number of hydrogen-bond donors (Lipinski definition) is 1. The van der Waals surface area contributed by atoms with Crippen LogP contribution in [0.4, 0.5) is 10.1 Å². The molecule has 0 saturated carbocycles. The van der Waals surface area contributed by atoms with Gasteiger partial charge in [0, 0.05) is 36.7 Å². The summed E-state index contributed by atoms with van der Waals surface area (Å²) in [5, 5.41) is 3.38. The van der Waals surface area contributed by atoms with Gasteiger partial charge in [-0.2, -0.15) is 11.8 Å². The highest BCUT2D eigenvalue weighted by Gasteiger charge is 2.15. The molecule has 106 valence electrons. The zero-order valence-corrected chi connectivity index (χ0v) is 12.8. The van der Waals surface area contributed by atoms with E-state index < -0.39 is 0 Å². The molecular weight excluding hydrogens is 259 g/mol. The molecule has 2 rings (SSSR count). The van der Waals surface area contributed by atoms with Crippen LogP contribution in [-0.4, -0.2) is 30.1 Å². The van der Waals surface area contributed by atoms with E-state index in [2.05, 4.69) is 31.0 Å². The van der Waals surface area contributed by atoms with Crippen molar-refractivity contribution in [2.24, 2.45) is 0 Å². The highest BCUT2D eigenvalue weighted by molar-refractivity contribution is 7.99. The third-order valence-corrected chi connectivity index (χ3v) is 4.13. The van der Waals surface area contributed by atoms with Crippen molar-refractivity contribution in [2.75, 3.05) is 29.5 Å². The Kier molecular flexibility index (Phi) is 4.74. The van der Waals surface area contributed by atoms with Gasteiger partial charge in [-0.25, -0.2) is 4.39 Å². The van der Waals surface area contributed by atoms with Crippen LogP contribution >= 0.6 is 11.8 Å². The van der Waals surface area contributed by atoms with Crippen molar-refractivity contribution in [2.45, 2.75) is 32.9 Å². The lowest BCUT2D eigenvalue weighted by atomic mass is 10.1. The predicted molar refractivity (Wildman–Crippen MR) is 82.5 cm³/mol. The van der Waals surface area contributed by atoms with Crippen LogP contribution in [0.3, 0.4) is 0 Å². The number of halogens is 1. The molecule has 1 fully saturated rings. The first kappa shape index (κ1) is 14.7. The number of benzene rings is 1. The first-order valence-corrected chi connectivity index (χ1v) is 7.97. The lowest BCUT2D eigenvalue weighted by Crippen LogP contribution is -2.35. The Labute approximate surface area is 119 Å². The van der Waals surface area contributed by atoms with E-state index in [0.29, 0.717) is 6.54 Å². The summed E-state index contributed by atoms with van der Waals surface area (Å²) in [5.74, 6) is 2.08. The highest BCUT2D eigenvalue weighted by Crippen LogP contribution is 2.23. The molecule has 0 unspecified atom stereocenters. The van der Waals surface area contributed by atoms with Gasteiger partial charge in [0.15, 0.2) is 0 Å². The molecule has 19 heavy (non-hydrogen) atoms. The number of nitrogens with zero attached hydrogens (tertiary/aromatic N) is 1. The van der Waals surface area contributed by atoms with E-state index in [-0.39, 0.29) is 11.4 Å². The summed E-state index contributed by atoms with van der Waals surface area (Å²) < 4.78 is 14.2. The van der Waals surface area contributed by atoms with Gasteiger partial charge in [-0.15, -0.1) is 0 Å². The van der Waals surface area contributed by atoms with Gasteiger partial charge in [-0.3, -0.25) is 0 Å². The Morgan fingerprint density at radius 2 is 1.95 bits per heavy atom. The molecule has 1 saturated heterocycles. The molecule has 0 spiro atoms. The summed E-state index contributed by atoms with van der Waals surface area (Å²) in [6.45, 7) is 8.94. The van der Waals surface area contributed by atoms with Crippen LogP contribution in [0, 0.1) is 5.82 Å². The quantitative estimate of drug-likeness (QED) is 0.916. The lowest BCUT2D eigenvalue weighted by Gasteiger charge is -2.29. The molecule has 0 amide bonds. The fourth-order valence-corrected chi connectivity index (χ4v) is 2.99. The van der Waals surface area contributed by atoms with E-state index in [0.717, 1.165) is 35.8 Å². The summed E-state index contributed by atoms with van der Waals surface area (Å²) in [5.41, 5.74) is 1.81. The summed E-state index contributed by atoms with van der Waals surface area (Å²) in [4.78, 5) is 2.15. The van der Waals surface area contributed by atoms with Crippen molar-refractivity contribution in [3.8, 4) is 0 Å². The molecule has 1 aliphatic heterocycles.